The molecular weight excluding hydrogens is 363 g/mol. The lowest BCUT2D eigenvalue weighted by Crippen LogP contribution is -2.38. The van der Waals surface area contributed by atoms with E-state index in [1.165, 1.54) is 12.1 Å². The Labute approximate surface area is 165 Å². The van der Waals surface area contributed by atoms with E-state index in [-0.39, 0.29) is 18.5 Å². The number of guanidine groups is 1. The second-order valence-electron chi connectivity index (χ2n) is 6.94. The van der Waals surface area contributed by atoms with Gasteiger partial charge in [0.15, 0.2) is 12.8 Å². The number of hydrogen-bond donors (Lipinski definition) is 2. The van der Waals surface area contributed by atoms with Crippen molar-refractivity contribution < 1.29 is 18.7 Å². The van der Waals surface area contributed by atoms with E-state index in [4.69, 9.17) is 9.47 Å². The molecule has 1 amide bonds. The van der Waals surface area contributed by atoms with Crippen LogP contribution in [0, 0.1) is 5.82 Å². The summed E-state index contributed by atoms with van der Waals surface area (Å²) >= 11 is 0. The molecule has 2 heterocycles. The Morgan fingerprint density at radius 2 is 2.25 bits per heavy atom. The molecular formula is C20H29FN4O3. The van der Waals surface area contributed by atoms with Crippen LogP contribution in [-0.2, 0) is 22.6 Å². The molecule has 7 nitrogen and oxygen atoms in total. The minimum atomic E-state index is -0.278. The smallest absolute Gasteiger partial charge is 0.222 e. The third-order valence-electron chi connectivity index (χ3n) is 4.81. The van der Waals surface area contributed by atoms with Crippen molar-refractivity contribution in [1.29, 1.82) is 0 Å². The molecule has 2 N–H and O–H groups in total. The van der Waals surface area contributed by atoms with Crippen LogP contribution < -0.4 is 15.4 Å². The molecule has 28 heavy (non-hydrogen) atoms. The van der Waals surface area contributed by atoms with Gasteiger partial charge in [-0.25, -0.2) is 4.39 Å². The van der Waals surface area contributed by atoms with E-state index in [0.717, 1.165) is 55.3 Å². The van der Waals surface area contributed by atoms with Gasteiger partial charge in [-0.3, -0.25) is 9.79 Å². The van der Waals surface area contributed by atoms with Crippen molar-refractivity contribution >= 4 is 11.9 Å². The average molecular weight is 392 g/mol. The first-order valence-electron chi connectivity index (χ1n) is 9.99. The second kappa shape index (κ2) is 10.3. The van der Waals surface area contributed by atoms with Gasteiger partial charge < -0.3 is 25.0 Å². The lowest BCUT2D eigenvalue weighted by molar-refractivity contribution is -0.127. The normalized spacial score (nSPS) is 16.7. The summed E-state index contributed by atoms with van der Waals surface area (Å²) in [4.78, 5) is 18.1. The molecule has 0 radical (unpaired) electrons. The zero-order valence-corrected chi connectivity index (χ0v) is 16.4. The van der Waals surface area contributed by atoms with Crippen LogP contribution in [0.15, 0.2) is 17.1 Å². The van der Waals surface area contributed by atoms with Gasteiger partial charge in [0.05, 0.1) is 6.61 Å². The Kier molecular flexibility index (Phi) is 7.47. The van der Waals surface area contributed by atoms with Gasteiger partial charge in [-0.15, -0.1) is 0 Å². The Morgan fingerprint density at radius 3 is 3.04 bits per heavy atom. The maximum absolute atomic E-state index is 13.8. The third kappa shape index (κ3) is 5.58. The molecule has 1 aromatic carbocycles. The van der Waals surface area contributed by atoms with Gasteiger partial charge in [-0.1, -0.05) is 0 Å². The van der Waals surface area contributed by atoms with Crippen molar-refractivity contribution in [3.8, 4) is 5.75 Å². The first kappa shape index (κ1) is 20.4. The lowest BCUT2D eigenvalue weighted by Gasteiger charge is -2.21. The molecule has 0 spiro atoms. The van der Waals surface area contributed by atoms with Crippen LogP contribution in [0.1, 0.15) is 37.3 Å². The number of halogens is 1. The summed E-state index contributed by atoms with van der Waals surface area (Å²) in [6.45, 7) is 6.22. The van der Waals surface area contributed by atoms with E-state index in [0.29, 0.717) is 32.5 Å². The molecule has 154 valence electrons. The molecule has 0 unspecified atom stereocenters. The summed E-state index contributed by atoms with van der Waals surface area (Å²) in [6, 6.07) is 2.98. The summed E-state index contributed by atoms with van der Waals surface area (Å²) in [5, 5.41) is 6.49. The number of carbonyl (C=O) groups excluding carboxylic acids is 1. The largest absolute Gasteiger partial charge is 0.467 e. The van der Waals surface area contributed by atoms with E-state index in [1.807, 2.05) is 11.8 Å². The molecule has 1 aromatic rings. The Balaban J connectivity index is 1.48. The van der Waals surface area contributed by atoms with Crippen molar-refractivity contribution in [3.63, 3.8) is 0 Å². The summed E-state index contributed by atoms with van der Waals surface area (Å²) in [5.74, 6) is 1.43. The van der Waals surface area contributed by atoms with Crippen LogP contribution in [0.4, 0.5) is 4.39 Å². The molecule has 0 atom stereocenters. The van der Waals surface area contributed by atoms with Crippen molar-refractivity contribution in [1.82, 2.24) is 15.5 Å². The predicted octanol–water partition coefficient (Wildman–Crippen LogP) is 1.80. The van der Waals surface area contributed by atoms with Gasteiger partial charge in [0.25, 0.3) is 0 Å². The van der Waals surface area contributed by atoms with E-state index >= 15 is 0 Å². The summed E-state index contributed by atoms with van der Waals surface area (Å²) < 4.78 is 24.6. The quantitative estimate of drug-likeness (QED) is 0.401. The third-order valence-corrected chi connectivity index (χ3v) is 4.81. The van der Waals surface area contributed by atoms with E-state index in [9.17, 15) is 9.18 Å². The molecule has 2 aliphatic rings. The number of hydrogen-bond acceptors (Lipinski definition) is 4. The summed E-state index contributed by atoms with van der Waals surface area (Å²) in [7, 11) is 0. The van der Waals surface area contributed by atoms with Crippen LogP contribution in [0.5, 0.6) is 5.75 Å². The number of amides is 1. The number of ether oxygens (including phenoxy) is 2. The number of carbonyl (C=O) groups is 1. The highest BCUT2D eigenvalue weighted by Crippen LogP contribution is 2.29. The van der Waals surface area contributed by atoms with Crippen LogP contribution in [-0.4, -0.2) is 56.3 Å². The molecule has 0 saturated carbocycles. The van der Waals surface area contributed by atoms with Crippen molar-refractivity contribution in [2.75, 3.05) is 39.5 Å². The Bertz CT molecular complexity index is 711. The van der Waals surface area contributed by atoms with Gasteiger partial charge in [0.1, 0.15) is 11.6 Å². The molecule has 3 rings (SSSR count). The minimum Gasteiger partial charge on any atom is -0.467 e. The molecule has 1 fully saturated rings. The number of fused-ring (bicyclic) bond motifs is 1. The molecule has 1 saturated heterocycles. The highest BCUT2D eigenvalue weighted by molar-refractivity contribution is 5.79. The zero-order chi connectivity index (χ0) is 19.8. The number of nitrogens with one attached hydrogen (secondary N) is 2. The van der Waals surface area contributed by atoms with Crippen LogP contribution >= 0.6 is 0 Å². The highest BCUT2D eigenvalue weighted by atomic mass is 19.1. The van der Waals surface area contributed by atoms with Crippen LogP contribution in [0.2, 0.25) is 0 Å². The molecule has 0 aliphatic carbocycles. The van der Waals surface area contributed by atoms with Gasteiger partial charge in [-0.05, 0) is 43.9 Å². The van der Waals surface area contributed by atoms with Crippen LogP contribution in [0.3, 0.4) is 0 Å². The first-order valence-corrected chi connectivity index (χ1v) is 9.99. The molecule has 2 aliphatic heterocycles. The maximum atomic E-state index is 13.8. The average Bonchev–Trinajstić information content (AvgIpc) is 3.09. The summed E-state index contributed by atoms with van der Waals surface area (Å²) in [6.07, 6.45) is 3.10. The van der Waals surface area contributed by atoms with E-state index < -0.39 is 0 Å². The number of benzene rings is 1. The Morgan fingerprint density at radius 1 is 1.36 bits per heavy atom. The van der Waals surface area contributed by atoms with E-state index in [2.05, 4.69) is 15.6 Å². The molecule has 8 heteroatoms. The zero-order valence-electron chi connectivity index (χ0n) is 16.4. The first-order chi connectivity index (χ1) is 13.7. The summed E-state index contributed by atoms with van der Waals surface area (Å²) in [5.41, 5.74) is 1.58. The standard InChI is InChI=1S/C20H29FN4O3/c1-2-22-20(23-7-4-10-25-9-3-5-18(25)26)24-8-6-15-11-17(21)12-16-13-27-14-28-19(15)16/h11-12H,2-10,13-14H2,1H3,(H2,22,23,24). The van der Waals surface area contributed by atoms with Gasteiger partial charge in [0, 0.05) is 44.7 Å². The minimum absolute atomic E-state index is 0.197. The fraction of sp³-hybridized carbons (Fsp3) is 0.600. The van der Waals surface area contributed by atoms with Crippen LogP contribution in [0.25, 0.3) is 0 Å². The van der Waals surface area contributed by atoms with Crippen molar-refractivity contribution in [3.05, 3.63) is 29.1 Å². The number of nitrogens with zero attached hydrogens (tertiary/aromatic N) is 2. The van der Waals surface area contributed by atoms with Gasteiger partial charge in [-0.2, -0.15) is 0 Å². The number of likely N-dealkylation sites (tertiary alicyclic amines) is 1. The van der Waals surface area contributed by atoms with Crippen molar-refractivity contribution in [2.24, 2.45) is 4.99 Å². The second-order valence-corrected chi connectivity index (χ2v) is 6.94. The molecule has 0 bridgehead atoms. The topological polar surface area (TPSA) is 75.2 Å². The fourth-order valence-corrected chi connectivity index (χ4v) is 3.49. The number of rotatable bonds is 8. The van der Waals surface area contributed by atoms with Gasteiger partial charge in [0.2, 0.25) is 5.91 Å². The maximum Gasteiger partial charge on any atom is 0.222 e. The monoisotopic (exact) mass is 392 g/mol. The Hall–Kier alpha value is -2.35. The van der Waals surface area contributed by atoms with Gasteiger partial charge >= 0.3 is 0 Å². The highest BCUT2D eigenvalue weighted by Gasteiger charge is 2.19. The SMILES string of the molecule is CCNC(=NCCCN1CCCC1=O)NCCc1cc(F)cc2c1OCOC2. The number of aliphatic imine (C=N–C) groups is 1. The molecule has 0 aromatic heterocycles. The predicted molar refractivity (Wildman–Crippen MR) is 105 cm³/mol. The van der Waals surface area contributed by atoms with E-state index in [1.54, 1.807) is 0 Å². The fourth-order valence-electron chi connectivity index (χ4n) is 3.49. The van der Waals surface area contributed by atoms with Crippen molar-refractivity contribution in [2.45, 2.75) is 39.2 Å². The lowest BCUT2D eigenvalue weighted by atomic mass is 10.1.